The number of nitrogens with one attached hydrogen (secondary N) is 2. The van der Waals surface area contributed by atoms with E-state index >= 15 is 0 Å². The van der Waals surface area contributed by atoms with Gasteiger partial charge in [-0.05, 0) is 60.4 Å². The van der Waals surface area contributed by atoms with Gasteiger partial charge >= 0.3 is 11.2 Å². The lowest BCUT2D eigenvalue weighted by molar-refractivity contribution is 0.113. The van der Waals surface area contributed by atoms with E-state index in [2.05, 4.69) is 26.0 Å². The van der Waals surface area contributed by atoms with Gasteiger partial charge in [0.1, 0.15) is 17.0 Å². The summed E-state index contributed by atoms with van der Waals surface area (Å²) < 4.78 is 13.7. The maximum Gasteiger partial charge on any atom is 0.350 e. The van der Waals surface area contributed by atoms with Crippen LogP contribution < -0.4 is 26.3 Å². The number of benzene rings is 2. The quantitative estimate of drug-likeness (QED) is 0.305. The lowest BCUT2D eigenvalue weighted by Crippen LogP contribution is -2.46. The van der Waals surface area contributed by atoms with Crippen LogP contribution in [-0.2, 0) is 13.1 Å². The number of pyridine rings is 1. The molecule has 2 unspecified atom stereocenters. The van der Waals surface area contributed by atoms with Crippen molar-refractivity contribution in [1.29, 1.82) is 0 Å². The first-order valence-electron chi connectivity index (χ1n) is 13.9. The molecule has 0 saturated carbocycles. The van der Waals surface area contributed by atoms with Gasteiger partial charge < -0.3 is 24.0 Å². The minimum Gasteiger partial charge on any atom is -0.497 e. The fourth-order valence-electron chi connectivity index (χ4n) is 6.54. The molecule has 7 rings (SSSR count). The largest absolute Gasteiger partial charge is 0.497 e. The van der Waals surface area contributed by atoms with Crippen LogP contribution >= 0.6 is 0 Å². The molecule has 2 N–H and O–H groups in total. The molecule has 2 aliphatic rings. The van der Waals surface area contributed by atoms with E-state index in [0.29, 0.717) is 40.5 Å². The molecule has 2 aliphatic heterocycles. The normalized spacial score (nSPS) is 18.5. The van der Waals surface area contributed by atoms with Crippen molar-refractivity contribution in [2.45, 2.75) is 25.4 Å². The predicted molar refractivity (Wildman–Crippen MR) is 160 cm³/mol. The lowest BCUT2D eigenvalue weighted by atomic mass is 9.83. The van der Waals surface area contributed by atoms with Gasteiger partial charge in [-0.25, -0.2) is 4.79 Å². The summed E-state index contributed by atoms with van der Waals surface area (Å²) in [4.78, 5) is 46.8. The van der Waals surface area contributed by atoms with Crippen LogP contribution in [0.5, 0.6) is 11.5 Å². The molecule has 11 nitrogen and oxygen atoms in total. The Morgan fingerprint density at radius 3 is 2.67 bits per heavy atom. The number of likely N-dealkylation sites (tertiary alicyclic amines) is 1. The Balaban J connectivity index is 1.17. The number of methoxy groups -OCH3 is 2. The van der Waals surface area contributed by atoms with Gasteiger partial charge in [-0.3, -0.25) is 14.5 Å². The lowest BCUT2D eigenvalue weighted by Gasteiger charge is -2.42. The summed E-state index contributed by atoms with van der Waals surface area (Å²) in [5, 5.41) is 4.94. The third kappa shape index (κ3) is 4.42. The van der Waals surface area contributed by atoms with Gasteiger partial charge in [0.2, 0.25) is 0 Å². The van der Waals surface area contributed by atoms with Crippen molar-refractivity contribution in [3.05, 3.63) is 103 Å². The molecule has 0 amide bonds. The maximum absolute atomic E-state index is 13.2. The highest BCUT2D eigenvalue weighted by Gasteiger charge is 2.34. The number of H-pyrrole nitrogens is 2. The molecule has 5 heterocycles. The second kappa shape index (κ2) is 10.2. The topological polar surface area (TPSA) is 127 Å². The van der Waals surface area contributed by atoms with Gasteiger partial charge in [0.05, 0.1) is 26.0 Å². The zero-order chi connectivity index (χ0) is 29.0. The van der Waals surface area contributed by atoms with Crippen LogP contribution in [0.25, 0.3) is 21.9 Å². The van der Waals surface area contributed by atoms with Crippen molar-refractivity contribution >= 4 is 28.2 Å². The maximum atomic E-state index is 13.2. The van der Waals surface area contributed by atoms with Gasteiger partial charge in [0.25, 0.3) is 5.56 Å². The van der Waals surface area contributed by atoms with Crippen molar-refractivity contribution in [2.24, 2.45) is 11.0 Å². The SMILES string of the molecule is COc1ccc2[nH]c3c(=O)n(N=Cc4ccc(OC)c(CN5CC6CC(C5)c5cccc(=O)n5C6)c4)c(=O)[nH]c3c2c1. The van der Waals surface area contributed by atoms with Crippen molar-refractivity contribution in [3.8, 4) is 11.5 Å². The number of hydrogen-bond acceptors (Lipinski definition) is 7. The summed E-state index contributed by atoms with van der Waals surface area (Å²) >= 11 is 0. The van der Waals surface area contributed by atoms with Crippen molar-refractivity contribution < 1.29 is 9.47 Å². The number of fused-ring (bicyclic) bond motifs is 7. The molecular formula is C31H30N6O5. The summed E-state index contributed by atoms with van der Waals surface area (Å²) in [6.45, 7) is 3.14. The van der Waals surface area contributed by atoms with Crippen LogP contribution in [0, 0.1) is 5.92 Å². The second-order valence-electron chi connectivity index (χ2n) is 11.0. The number of ether oxygens (including phenoxy) is 2. The van der Waals surface area contributed by atoms with Crippen LogP contribution in [-0.4, -0.2) is 57.6 Å². The Labute approximate surface area is 239 Å². The zero-order valence-corrected chi connectivity index (χ0v) is 23.3. The minimum absolute atomic E-state index is 0.0752. The van der Waals surface area contributed by atoms with Crippen LogP contribution in [0.3, 0.4) is 0 Å². The number of rotatable bonds is 6. The molecule has 214 valence electrons. The molecule has 0 radical (unpaired) electrons. The molecule has 0 spiro atoms. The first kappa shape index (κ1) is 26.0. The smallest absolute Gasteiger partial charge is 0.350 e. The standard InChI is InChI=1S/C31H30N6O5/c1-41-22-7-8-24-23(12-22)28-29(33-24)30(39)37(31(40)34-28)32-13-18-6-9-26(42-2)21(10-18)17-35-14-19-11-20(16-35)25-4-3-5-27(38)36(25)15-19/h3-10,12-13,19-20,33H,11,14-17H2,1-2H3,(H,34,40). The molecule has 1 saturated heterocycles. The number of aromatic nitrogens is 4. The van der Waals surface area contributed by atoms with Gasteiger partial charge in [-0.15, -0.1) is 4.68 Å². The van der Waals surface area contributed by atoms with Crippen molar-refractivity contribution in [3.63, 3.8) is 0 Å². The van der Waals surface area contributed by atoms with E-state index in [9.17, 15) is 14.4 Å². The number of nitrogens with zero attached hydrogens (tertiary/aromatic N) is 4. The van der Waals surface area contributed by atoms with Gasteiger partial charge in [0.15, 0.2) is 0 Å². The summed E-state index contributed by atoms with van der Waals surface area (Å²) in [6, 6.07) is 16.6. The fraction of sp³-hybridized carbons (Fsp3) is 0.290. The molecular weight excluding hydrogens is 536 g/mol. The summed E-state index contributed by atoms with van der Waals surface area (Å²) in [5.41, 5.74) is 3.08. The van der Waals surface area contributed by atoms with E-state index in [1.807, 2.05) is 28.8 Å². The molecule has 1 fully saturated rings. The van der Waals surface area contributed by atoms with Crippen LogP contribution in [0.1, 0.15) is 29.2 Å². The van der Waals surface area contributed by atoms with Crippen LogP contribution in [0.2, 0.25) is 0 Å². The minimum atomic E-state index is -0.638. The van der Waals surface area contributed by atoms with Crippen molar-refractivity contribution in [2.75, 3.05) is 27.3 Å². The Morgan fingerprint density at radius 2 is 1.83 bits per heavy atom. The number of hydrogen-bond donors (Lipinski definition) is 2. The summed E-state index contributed by atoms with van der Waals surface area (Å²) in [7, 11) is 3.20. The van der Waals surface area contributed by atoms with Gasteiger partial charge in [-0.2, -0.15) is 5.10 Å². The number of piperidine rings is 1. The molecule has 11 heteroatoms. The monoisotopic (exact) mass is 566 g/mol. The molecule has 2 aromatic carbocycles. The Morgan fingerprint density at radius 1 is 0.952 bits per heavy atom. The Bertz CT molecular complexity index is 2050. The van der Waals surface area contributed by atoms with E-state index < -0.39 is 11.2 Å². The zero-order valence-electron chi connectivity index (χ0n) is 23.3. The van der Waals surface area contributed by atoms with E-state index in [1.165, 1.54) is 6.21 Å². The van der Waals surface area contributed by atoms with Gasteiger partial charge in [0, 0.05) is 60.3 Å². The van der Waals surface area contributed by atoms with Crippen LogP contribution in [0.4, 0.5) is 0 Å². The predicted octanol–water partition coefficient (Wildman–Crippen LogP) is 2.85. The molecule has 3 aromatic heterocycles. The molecule has 5 aromatic rings. The first-order valence-corrected chi connectivity index (χ1v) is 13.9. The highest BCUT2D eigenvalue weighted by molar-refractivity contribution is 6.04. The average Bonchev–Trinajstić information content (AvgIpc) is 3.35. The third-order valence-corrected chi connectivity index (χ3v) is 8.41. The molecule has 0 aliphatic carbocycles. The van der Waals surface area contributed by atoms with Crippen LogP contribution in [0.15, 0.2) is 74.1 Å². The Hall–Kier alpha value is -4.90. The van der Waals surface area contributed by atoms with E-state index in [4.69, 9.17) is 9.47 Å². The molecule has 42 heavy (non-hydrogen) atoms. The fourth-order valence-corrected chi connectivity index (χ4v) is 6.54. The molecule has 2 bridgehead atoms. The highest BCUT2D eigenvalue weighted by atomic mass is 16.5. The van der Waals surface area contributed by atoms with E-state index in [-0.39, 0.29) is 11.1 Å². The summed E-state index contributed by atoms with van der Waals surface area (Å²) in [6.07, 6.45) is 2.59. The summed E-state index contributed by atoms with van der Waals surface area (Å²) in [5.74, 6) is 2.09. The molecule has 2 atom stereocenters. The van der Waals surface area contributed by atoms with Gasteiger partial charge in [-0.1, -0.05) is 6.07 Å². The van der Waals surface area contributed by atoms with E-state index in [0.717, 1.165) is 53.3 Å². The third-order valence-electron chi connectivity index (χ3n) is 8.41. The Kier molecular flexibility index (Phi) is 6.31. The average molecular weight is 567 g/mol. The number of aromatic amines is 2. The highest BCUT2D eigenvalue weighted by Crippen LogP contribution is 2.36. The second-order valence-corrected chi connectivity index (χ2v) is 11.0. The van der Waals surface area contributed by atoms with Crippen molar-refractivity contribution in [1.82, 2.24) is 24.1 Å². The first-order chi connectivity index (χ1) is 20.4. The van der Waals surface area contributed by atoms with E-state index in [1.54, 1.807) is 38.5 Å².